The van der Waals surface area contributed by atoms with E-state index in [-0.39, 0.29) is 18.1 Å². The molecule has 0 saturated heterocycles. The van der Waals surface area contributed by atoms with Gasteiger partial charge in [-0.3, -0.25) is 9.59 Å². The summed E-state index contributed by atoms with van der Waals surface area (Å²) in [7, 11) is -3.68. The zero-order chi connectivity index (χ0) is 32.8. The first kappa shape index (κ1) is 35.1. The Kier molecular flexibility index (Phi) is 11.9. The standard InChI is InChI=1S/C34H52N4O6S/c1-22(28-19-35-21-36-28)29(33(42)37-27(18-24-13-9-6-10-14-24)31(40)30(39)25-15-16-25)38-32(41)26(17-23-11-7-5-8-12-23)20-45(43,44)34(2,3)4/h5,7-8,11-12,19,21-22,24-27,29-31,39-40H,6,9-10,13-18,20H2,1-4H3,(H,35,36)(H,37,42)(H,38,41). The minimum Gasteiger partial charge on any atom is -0.390 e. The van der Waals surface area contributed by atoms with E-state index in [0.717, 1.165) is 44.1 Å². The van der Waals surface area contributed by atoms with Crippen molar-refractivity contribution in [3.8, 4) is 0 Å². The summed E-state index contributed by atoms with van der Waals surface area (Å²) in [4.78, 5) is 35.3. The third kappa shape index (κ3) is 9.62. The molecule has 2 amide bonds. The van der Waals surface area contributed by atoms with Gasteiger partial charge >= 0.3 is 0 Å². The zero-order valence-electron chi connectivity index (χ0n) is 27.1. The summed E-state index contributed by atoms with van der Waals surface area (Å²) >= 11 is 0. The number of amides is 2. The molecule has 2 aliphatic rings. The molecule has 1 aromatic carbocycles. The van der Waals surface area contributed by atoms with E-state index >= 15 is 0 Å². The molecule has 45 heavy (non-hydrogen) atoms. The Labute approximate surface area is 268 Å². The Hall–Kier alpha value is -2.76. The summed E-state index contributed by atoms with van der Waals surface area (Å²) < 4.78 is 25.6. The van der Waals surface area contributed by atoms with Crippen molar-refractivity contribution >= 4 is 21.7 Å². The van der Waals surface area contributed by atoms with E-state index in [1.165, 1.54) is 12.7 Å². The first-order valence-electron chi connectivity index (χ1n) is 16.5. The molecule has 6 atom stereocenters. The van der Waals surface area contributed by atoms with Gasteiger partial charge in [0.05, 0.1) is 34.9 Å². The Morgan fingerprint density at radius 1 is 1.00 bits per heavy atom. The number of rotatable bonds is 15. The fourth-order valence-electron chi connectivity index (χ4n) is 6.32. The lowest BCUT2D eigenvalue weighted by molar-refractivity contribution is -0.132. The average molecular weight is 645 g/mol. The quantitative estimate of drug-likeness (QED) is 0.198. The molecule has 1 aromatic heterocycles. The van der Waals surface area contributed by atoms with Crippen LogP contribution in [0.2, 0.25) is 0 Å². The molecule has 2 fully saturated rings. The van der Waals surface area contributed by atoms with Crippen molar-refractivity contribution in [2.45, 2.75) is 120 Å². The lowest BCUT2D eigenvalue weighted by Gasteiger charge is -2.34. The number of sulfone groups is 1. The number of aromatic amines is 1. The second-order valence-corrected chi connectivity index (χ2v) is 17.0. The first-order valence-corrected chi connectivity index (χ1v) is 18.1. The number of benzene rings is 1. The molecule has 2 saturated carbocycles. The SMILES string of the molecule is CC(c1cnc[nH]1)C(NC(=O)C(Cc1ccccc1)CS(=O)(=O)C(C)(C)C)C(=O)NC(CC1CCCCC1)C(O)C(O)C1CC1. The van der Waals surface area contributed by atoms with Gasteiger partial charge < -0.3 is 25.8 Å². The number of nitrogens with one attached hydrogen (secondary N) is 3. The first-order chi connectivity index (χ1) is 21.3. The third-order valence-corrected chi connectivity index (χ3v) is 12.4. The van der Waals surface area contributed by atoms with E-state index in [4.69, 9.17) is 0 Å². The van der Waals surface area contributed by atoms with Crippen molar-refractivity contribution in [3.05, 3.63) is 54.1 Å². The highest BCUT2D eigenvalue weighted by molar-refractivity contribution is 7.92. The van der Waals surface area contributed by atoms with Crippen LogP contribution in [0.5, 0.6) is 0 Å². The summed E-state index contributed by atoms with van der Waals surface area (Å²) in [6.07, 6.45) is 8.82. The number of aromatic nitrogens is 2. The number of aliphatic hydroxyl groups is 2. The number of hydrogen-bond acceptors (Lipinski definition) is 7. The van der Waals surface area contributed by atoms with Gasteiger partial charge in [-0.05, 0) is 63.9 Å². The molecule has 0 bridgehead atoms. The lowest BCUT2D eigenvalue weighted by atomic mass is 9.82. The van der Waals surface area contributed by atoms with Crippen LogP contribution in [-0.4, -0.2) is 75.2 Å². The molecule has 1 heterocycles. The summed E-state index contributed by atoms with van der Waals surface area (Å²) in [5, 5.41) is 28.1. The molecule has 2 aliphatic carbocycles. The van der Waals surface area contributed by atoms with Crippen LogP contribution in [0.3, 0.4) is 0 Å². The molecule has 0 radical (unpaired) electrons. The van der Waals surface area contributed by atoms with Crippen LogP contribution in [0.1, 0.15) is 96.2 Å². The maximum absolute atomic E-state index is 14.1. The topological polar surface area (TPSA) is 161 Å². The van der Waals surface area contributed by atoms with Crippen molar-refractivity contribution in [3.63, 3.8) is 0 Å². The zero-order valence-corrected chi connectivity index (χ0v) is 27.9. The molecule has 10 nitrogen and oxygen atoms in total. The van der Waals surface area contributed by atoms with Crippen LogP contribution in [0, 0.1) is 17.8 Å². The predicted octanol–water partition coefficient (Wildman–Crippen LogP) is 3.66. The van der Waals surface area contributed by atoms with Gasteiger partial charge in [0, 0.05) is 17.8 Å². The number of hydrogen-bond donors (Lipinski definition) is 5. The van der Waals surface area contributed by atoms with Gasteiger partial charge in [-0.2, -0.15) is 0 Å². The highest BCUT2D eigenvalue weighted by Gasteiger charge is 2.41. The average Bonchev–Trinajstić information content (AvgIpc) is 3.71. The molecule has 6 unspecified atom stereocenters. The predicted molar refractivity (Wildman–Crippen MR) is 174 cm³/mol. The molecule has 0 aliphatic heterocycles. The van der Waals surface area contributed by atoms with Crippen molar-refractivity contribution in [1.29, 1.82) is 0 Å². The summed E-state index contributed by atoms with van der Waals surface area (Å²) in [5.41, 5.74) is 1.44. The number of nitrogens with zero attached hydrogens (tertiary/aromatic N) is 1. The highest BCUT2D eigenvalue weighted by atomic mass is 32.2. The van der Waals surface area contributed by atoms with Gasteiger partial charge in [-0.15, -0.1) is 0 Å². The number of imidazole rings is 1. The second kappa shape index (κ2) is 15.2. The number of carbonyl (C=O) groups excluding carboxylic acids is 2. The molecule has 2 aromatic rings. The fraction of sp³-hybridized carbons (Fsp3) is 0.676. The molecular formula is C34H52N4O6S. The van der Waals surface area contributed by atoms with Crippen LogP contribution >= 0.6 is 0 Å². The van der Waals surface area contributed by atoms with Gasteiger partial charge in [0.2, 0.25) is 11.8 Å². The number of carbonyl (C=O) groups is 2. The number of aliphatic hydroxyl groups excluding tert-OH is 2. The van der Waals surface area contributed by atoms with Gasteiger partial charge in [0.15, 0.2) is 9.84 Å². The molecule has 0 spiro atoms. The molecule has 5 N–H and O–H groups in total. The smallest absolute Gasteiger partial charge is 0.243 e. The van der Waals surface area contributed by atoms with E-state index < -0.39 is 62.5 Å². The maximum Gasteiger partial charge on any atom is 0.243 e. The Morgan fingerprint density at radius 3 is 2.24 bits per heavy atom. The van der Waals surface area contributed by atoms with Gasteiger partial charge in [0.25, 0.3) is 0 Å². The largest absolute Gasteiger partial charge is 0.390 e. The molecular weight excluding hydrogens is 592 g/mol. The Balaban J connectivity index is 1.60. The van der Waals surface area contributed by atoms with E-state index in [0.29, 0.717) is 18.0 Å². The minimum atomic E-state index is -3.68. The molecule has 250 valence electrons. The minimum absolute atomic E-state index is 0.0219. The van der Waals surface area contributed by atoms with Gasteiger partial charge in [0.1, 0.15) is 12.1 Å². The monoisotopic (exact) mass is 644 g/mol. The molecule has 4 rings (SSSR count). The van der Waals surface area contributed by atoms with Crippen LogP contribution in [-0.2, 0) is 25.8 Å². The normalized spacial score (nSPS) is 20.4. The third-order valence-electron chi connectivity index (χ3n) is 9.65. The Bertz CT molecular complexity index is 1330. The highest BCUT2D eigenvalue weighted by Crippen LogP contribution is 2.36. The van der Waals surface area contributed by atoms with Crippen molar-refractivity contribution < 1.29 is 28.2 Å². The maximum atomic E-state index is 14.1. The van der Waals surface area contributed by atoms with Crippen molar-refractivity contribution in [1.82, 2.24) is 20.6 Å². The fourth-order valence-corrected chi connectivity index (χ4v) is 7.62. The van der Waals surface area contributed by atoms with E-state index in [1.807, 2.05) is 30.3 Å². The van der Waals surface area contributed by atoms with E-state index in [1.54, 1.807) is 33.9 Å². The van der Waals surface area contributed by atoms with Crippen LogP contribution < -0.4 is 10.6 Å². The van der Waals surface area contributed by atoms with Crippen LogP contribution in [0.15, 0.2) is 42.9 Å². The van der Waals surface area contributed by atoms with E-state index in [2.05, 4.69) is 20.6 Å². The summed E-state index contributed by atoms with van der Waals surface area (Å²) in [6.45, 7) is 6.64. The van der Waals surface area contributed by atoms with Crippen LogP contribution in [0.25, 0.3) is 0 Å². The second-order valence-electron chi connectivity index (χ2n) is 14.2. The van der Waals surface area contributed by atoms with Crippen molar-refractivity contribution in [2.24, 2.45) is 17.8 Å². The van der Waals surface area contributed by atoms with Crippen LogP contribution in [0.4, 0.5) is 0 Å². The number of H-pyrrole nitrogens is 1. The Morgan fingerprint density at radius 2 is 1.67 bits per heavy atom. The molecule has 11 heteroatoms. The van der Waals surface area contributed by atoms with E-state index in [9.17, 15) is 28.2 Å². The lowest BCUT2D eigenvalue weighted by Crippen LogP contribution is -2.57. The van der Waals surface area contributed by atoms with Crippen molar-refractivity contribution in [2.75, 3.05) is 5.75 Å². The van der Waals surface area contributed by atoms with Gasteiger partial charge in [-0.25, -0.2) is 13.4 Å². The van der Waals surface area contributed by atoms with Gasteiger partial charge in [-0.1, -0.05) is 69.4 Å². The summed E-state index contributed by atoms with van der Waals surface area (Å²) in [5.74, 6) is -2.56. The summed E-state index contributed by atoms with van der Waals surface area (Å²) in [6, 6.07) is 7.46.